The minimum absolute atomic E-state index is 0.244. The molecule has 0 aliphatic carbocycles. The molecule has 0 aliphatic rings. The first kappa shape index (κ1) is 19.0. The highest BCUT2D eigenvalue weighted by atomic mass is 35.5. The maximum Gasteiger partial charge on any atom is 0.330 e. The van der Waals surface area contributed by atoms with E-state index in [2.05, 4.69) is 20.7 Å². The molecule has 1 amide bonds. The van der Waals surface area contributed by atoms with Gasteiger partial charge in [-0.1, -0.05) is 23.7 Å². The Kier molecular flexibility index (Phi) is 5.82. The first-order valence-corrected chi connectivity index (χ1v) is 9.26. The number of nitrogens with zero attached hydrogens (tertiary/aromatic N) is 4. The number of anilines is 1. The molecule has 0 saturated carbocycles. The van der Waals surface area contributed by atoms with Gasteiger partial charge in [-0.15, -0.1) is 21.5 Å². The summed E-state index contributed by atoms with van der Waals surface area (Å²) in [7, 11) is 0. The van der Waals surface area contributed by atoms with Crippen molar-refractivity contribution >= 4 is 40.5 Å². The van der Waals surface area contributed by atoms with Crippen LogP contribution in [0.25, 0.3) is 10.7 Å². The quantitative estimate of drug-likeness (QED) is 0.633. The predicted molar refractivity (Wildman–Crippen MR) is 102 cm³/mol. The summed E-state index contributed by atoms with van der Waals surface area (Å²) in [6, 6.07) is 8.88. The Morgan fingerprint density at radius 3 is 2.93 bits per heavy atom. The smallest absolute Gasteiger partial charge is 0.330 e. The molecular formula is C17H16ClN5O3S. The topological polar surface area (TPSA) is 99.0 Å². The van der Waals surface area contributed by atoms with Crippen molar-refractivity contribution in [2.24, 2.45) is 0 Å². The zero-order chi connectivity index (χ0) is 19.4. The van der Waals surface area contributed by atoms with Gasteiger partial charge in [0.2, 0.25) is 5.82 Å². The summed E-state index contributed by atoms with van der Waals surface area (Å²) < 4.78 is 5.15. The molecule has 0 spiro atoms. The van der Waals surface area contributed by atoms with Crippen LogP contribution >= 0.6 is 22.9 Å². The third-order valence-electron chi connectivity index (χ3n) is 3.60. The molecule has 1 atom stereocenters. The number of carbonyl (C=O) groups excluding carboxylic acids is 2. The van der Waals surface area contributed by atoms with Crippen LogP contribution in [0.1, 0.15) is 12.5 Å². The average molecular weight is 406 g/mol. The first-order chi connectivity index (χ1) is 12.9. The Balaban J connectivity index is 1.55. The monoisotopic (exact) mass is 405 g/mol. The van der Waals surface area contributed by atoms with E-state index in [1.807, 2.05) is 24.4 Å². The molecule has 1 aromatic carbocycles. The molecule has 3 rings (SSSR count). The Morgan fingerprint density at radius 2 is 2.19 bits per heavy atom. The van der Waals surface area contributed by atoms with Crippen LogP contribution in [0.2, 0.25) is 5.02 Å². The summed E-state index contributed by atoms with van der Waals surface area (Å²) >= 11 is 7.40. The second-order valence-electron chi connectivity index (χ2n) is 5.70. The zero-order valence-electron chi connectivity index (χ0n) is 14.5. The predicted octanol–water partition coefficient (Wildman–Crippen LogP) is 2.93. The lowest BCUT2D eigenvalue weighted by Crippen LogP contribution is -2.31. The summed E-state index contributed by atoms with van der Waals surface area (Å²) in [5.41, 5.74) is 1.41. The summed E-state index contributed by atoms with van der Waals surface area (Å²) in [5, 5.41) is 16.9. The van der Waals surface area contributed by atoms with Gasteiger partial charge in [0.05, 0.1) is 4.88 Å². The molecule has 0 saturated heterocycles. The Hall–Kier alpha value is -2.78. The lowest BCUT2D eigenvalue weighted by molar-refractivity contribution is -0.154. The zero-order valence-corrected chi connectivity index (χ0v) is 16.1. The lowest BCUT2D eigenvalue weighted by atomic mass is 10.2. The second kappa shape index (κ2) is 8.28. The molecule has 0 unspecified atom stereocenters. The molecule has 0 aliphatic heterocycles. The Labute approximate surface area is 164 Å². The maximum absolute atomic E-state index is 12.2. The van der Waals surface area contributed by atoms with E-state index in [1.54, 1.807) is 18.2 Å². The standard InChI is InChI=1S/C17H16ClN5O3S/c1-10-5-6-12(18)8-13(10)19-17(25)11(2)26-15(24)9-23-21-16(20-22-23)14-4-3-7-27-14/h3-8,11H,9H2,1-2H3,(H,19,25)/t11-/m0/s1. The summed E-state index contributed by atoms with van der Waals surface area (Å²) in [5.74, 6) is -0.671. The van der Waals surface area contributed by atoms with Crippen molar-refractivity contribution < 1.29 is 14.3 Å². The van der Waals surface area contributed by atoms with Crippen LogP contribution in [-0.2, 0) is 20.9 Å². The third-order valence-corrected chi connectivity index (χ3v) is 4.70. The fourth-order valence-corrected chi connectivity index (χ4v) is 3.00. The molecule has 140 valence electrons. The van der Waals surface area contributed by atoms with E-state index in [0.29, 0.717) is 16.5 Å². The number of aryl methyl sites for hydroxylation is 1. The van der Waals surface area contributed by atoms with Crippen LogP contribution in [0.4, 0.5) is 5.69 Å². The van der Waals surface area contributed by atoms with E-state index in [9.17, 15) is 9.59 Å². The van der Waals surface area contributed by atoms with Gasteiger partial charge in [-0.25, -0.2) is 4.79 Å². The SMILES string of the molecule is Cc1ccc(Cl)cc1NC(=O)[C@H](C)OC(=O)Cn1nnc(-c2cccs2)n1. The molecule has 8 nitrogen and oxygen atoms in total. The molecule has 0 bridgehead atoms. The van der Waals surface area contributed by atoms with Crippen molar-refractivity contribution in [3.63, 3.8) is 0 Å². The van der Waals surface area contributed by atoms with Crippen molar-refractivity contribution in [1.82, 2.24) is 20.2 Å². The van der Waals surface area contributed by atoms with Crippen molar-refractivity contribution in [2.45, 2.75) is 26.5 Å². The molecule has 27 heavy (non-hydrogen) atoms. The van der Waals surface area contributed by atoms with Crippen molar-refractivity contribution in [3.8, 4) is 10.7 Å². The van der Waals surface area contributed by atoms with Crippen LogP contribution in [0.5, 0.6) is 0 Å². The summed E-state index contributed by atoms with van der Waals surface area (Å²) in [6.45, 7) is 3.08. The normalized spacial score (nSPS) is 11.8. The van der Waals surface area contributed by atoms with E-state index in [4.69, 9.17) is 16.3 Å². The van der Waals surface area contributed by atoms with E-state index >= 15 is 0 Å². The van der Waals surface area contributed by atoms with E-state index < -0.39 is 18.0 Å². The second-order valence-corrected chi connectivity index (χ2v) is 7.09. The van der Waals surface area contributed by atoms with Gasteiger partial charge in [-0.2, -0.15) is 4.80 Å². The number of tetrazole rings is 1. The molecule has 1 N–H and O–H groups in total. The highest BCUT2D eigenvalue weighted by molar-refractivity contribution is 7.13. The number of thiophene rings is 1. The van der Waals surface area contributed by atoms with E-state index in [-0.39, 0.29) is 6.54 Å². The number of nitrogens with one attached hydrogen (secondary N) is 1. The van der Waals surface area contributed by atoms with Crippen molar-refractivity contribution in [1.29, 1.82) is 0 Å². The number of halogens is 1. The van der Waals surface area contributed by atoms with Crippen LogP contribution < -0.4 is 5.32 Å². The fourth-order valence-electron chi connectivity index (χ4n) is 2.18. The number of ether oxygens (including phenoxy) is 1. The number of esters is 1. The number of hydrogen-bond acceptors (Lipinski definition) is 7. The molecule has 0 fully saturated rings. The van der Waals surface area contributed by atoms with E-state index in [1.165, 1.54) is 18.3 Å². The number of hydrogen-bond donors (Lipinski definition) is 1. The summed E-state index contributed by atoms with van der Waals surface area (Å²) in [6.07, 6.45) is -0.990. The van der Waals surface area contributed by atoms with Gasteiger partial charge in [-0.05, 0) is 48.2 Å². The molecule has 10 heteroatoms. The molecule has 3 aromatic rings. The molecule has 2 heterocycles. The van der Waals surface area contributed by atoms with Crippen LogP contribution in [0, 0.1) is 6.92 Å². The van der Waals surface area contributed by atoms with Crippen LogP contribution in [-0.4, -0.2) is 38.2 Å². The highest BCUT2D eigenvalue weighted by Crippen LogP contribution is 2.21. The van der Waals surface area contributed by atoms with Gasteiger partial charge in [-0.3, -0.25) is 4.79 Å². The molecular weight excluding hydrogens is 390 g/mol. The Morgan fingerprint density at radius 1 is 1.37 bits per heavy atom. The molecule has 2 aromatic heterocycles. The van der Waals surface area contributed by atoms with Gasteiger partial charge in [0.1, 0.15) is 0 Å². The van der Waals surface area contributed by atoms with Gasteiger partial charge in [0, 0.05) is 10.7 Å². The lowest BCUT2D eigenvalue weighted by Gasteiger charge is -2.14. The number of rotatable bonds is 6. The number of carbonyl (C=O) groups is 2. The largest absolute Gasteiger partial charge is 0.451 e. The number of amides is 1. The average Bonchev–Trinajstić information content (AvgIpc) is 3.29. The van der Waals surface area contributed by atoms with Gasteiger partial charge >= 0.3 is 5.97 Å². The highest BCUT2D eigenvalue weighted by Gasteiger charge is 2.20. The van der Waals surface area contributed by atoms with Gasteiger partial charge in [0.15, 0.2) is 12.6 Å². The maximum atomic E-state index is 12.2. The minimum atomic E-state index is -0.990. The fraction of sp³-hybridized carbons (Fsp3) is 0.235. The van der Waals surface area contributed by atoms with E-state index in [0.717, 1.165) is 15.2 Å². The first-order valence-electron chi connectivity index (χ1n) is 8.00. The minimum Gasteiger partial charge on any atom is -0.451 e. The number of benzene rings is 1. The number of aromatic nitrogens is 4. The van der Waals surface area contributed by atoms with Crippen molar-refractivity contribution in [3.05, 3.63) is 46.3 Å². The Bertz CT molecular complexity index is 957. The summed E-state index contributed by atoms with van der Waals surface area (Å²) in [4.78, 5) is 26.3. The van der Waals surface area contributed by atoms with Gasteiger partial charge in [0.25, 0.3) is 5.91 Å². The molecule has 0 radical (unpaired) electrons. The van der Waals surface area contributed by atoms with Crippen LogP contribution in [0.3, 0.4) is 0 Å². The third kappa shape index (κ3) is 4.89. The van der Waals surface area contributed by atoms with Crippen LogP contribution in [0.15, 0.2) is 35.7 Å². The van der Waals surface area contributed by atoms with Crippen molar-refractivity contribution in [2.75, 3.05) is 5.32 Å². The van der Waals surface area contributed by atoms with Gasteiger partial charge < -0.3 is 10.1 Å².